The first-order chi connectivity index (χ1) is 10.5. The standard InChI is InChI=1S/C13H11ClN2O3.CO2/c1-15-13(18)12-11(17)6-10(7-16-12)19-9-4-2-3-8(14)5-9;2-1-3/h2-7,17H,1H3,(H,15,18);. The zero-order chi connectivity index (χ0) is 16.5. The fourth-order valence-corrected chi connectivity index (χ4v) is 1.63. The molecule has 0 atom stereocenters. The SMILES string of the molecule is CNC(=O)c1ncc(Oc2cccc(Cl)c2)cc1O.O=C=O. The summed E-state index contributed by atoms with van der Waals surface area (Å²) in [6, 6.07) is 8.13. The number of hydrogen-bond acceptors (Lipinski definition) is 6. The van der Waals surface area contributed by atoms with Gasteiger partial charge in [-0.25, -0.2) is 4.98 Å². The molecule has 1 heterocycles. The Morgan fingerprint density at radius 3 is 2.55 bits per heavy atom. The molecular weight excluding hydrogens is 312 g/mol. The van der Waals surface area contributed by atoms with Crippen LogP contribution >= 0.6 is 11.6 Å². The summed E-state index contributed by atoms with van der Waals surface area (Å²) in [6.07, 6.45) is 1.60. The van der Waals surface area contributed by atoms with Crippen LogP contribution in [0.4, 0.5) is 0 Å². The highest BCUT2D eigenvalue weighted by molar-refractivity contribution is 6.30. The van der Waals surface area contributed by atoms with E-state index < -0.39 is 5.91 Å². The van der Waals surface area contributed by atoms with E-state index in [-0.39, 0.29) is 17.6 Å². The number of halogens is 1. The van der Waals surface area contributed by atoms with Crippen LogP contribution in [0, 0.1) is 0 Å². The number of nitrogens with one attached hydrogen (secondary N) is 1. The number of amides is 1. The van der Waals surface area contributed by atoms with Gasteiger partial charge in [0.2, 0.25) is 0 Å². The Hall–Kier alpha value is -2.89. The number of aromatic nitrogens is 1. The largest absolute Gasteiger partial charge is 0.505 e. The van der Waals surface area contributed by atoms with Crippen molar-refractivity contribution in [3.8, 4) is 17.2 Å². The number of pyridine rings is 1. The van der Waals surface area contributed by atoms with E-state index in [2.05, 4.69) is 10.3 Å². The molecule has 0 bridgehead atoms. The topological polar surface area (TPSA) is 106 Å². The Morgan fingerprint density at radius 1 is 1.32 bits per heavy atom. The fraction of sp³-hybridized carbons (Fsp3) is 0.0714. The molecule has 0 spiro atoms. The van der Waals surface area contributed by atoms with Gasteiger partial charge in [-0.05, 0) is 18.2 Å². The van der Waals surface area contributed by atoms with E-state index in [4.69, 9.17) is 25.9 Å². The first-order valence-electron chi connectivity index (χ1n) is 5.85. The maximum Gasteiger partial charge on any atom is 0.373 e. The Balaban J connectivity index is 0.000000745. The van der Waals surface area contributed by atoms with Crippen molar-refractivity contribution >= 4 is 23.7 Å². The van der Waals surface area contributed by atoms with Gasteiger partial charge in [-0.1, -0.05) is 17.7 Å². The molecule has 2 N–H and O–H groups in total. The Morgan fingerprint density at radius 2 is 2.00 bits per heavy atom. The van der Waals surface area contributed by atoms with Crippen LogP contribution in [-0.4, -0.2) is 29.2 Å². The lowest BCUT2D eigenvalue weighted by Crippen LogP contribution is -2.19. The van der Waals surface area contributed by atoms with Crippen molar-refractivity contribution in [2.24, 2.45) is 0 Å². The third kappa shape index (κ3) is 4.90. The molecule has 8 heteroatoms. The minimum absolute atomic E-state index is 0.0547. The van der Waals surface area contributed by atoms with Gasteiger partial charge in [0, 0.05) is 18.1 Å². The van der Waals surface area contributed by atoms with E-state index in [1.165, 1.54) is 19.3 Å². The zero-order valence-electron chi connectivity index (χ0n) is 11.4. The van der Waals surface area contributed by atoms with Gasteiger partial charge in [0.15, 0.2) is 11.4 Å². The maximum atomic E-state index is 11.4. The van der Waals surface area contributed by atoms with E-state index >= 15 is 0 Å². The number of aromatic hydroxyl groups is 1. The fourth-order valence-electron chi connectivity index (χ4n) is 1.45. The molecular formula is C14H11ClN2O5. The van der Waals surface area contributed by atoms with Crippen LogP contribution in [0.2, 0.25) is 5.02 Å². The van der Waals surface area contributed by atoms with Crippen molar-refractivity contribution in [3.63, 3.8) is 0 Å². The quantitative estimate of drug-likeness (QED) is 0.895. The molecule has 0 unspecified atom stereocenters. The highest BCUT2D eigenvalue weighted by Crippen LogP contribution is 2.27. The number of hydrogen-bond donors (Lipinski definition) is 2. The summed E-state index contributed by atoms with van der Waals surface area (Å²) in [5.74, 6) is 0.111. The second-order valence-corrected chi connectivity index (χ2v) is 4.20. The van der Waals surface area contributed by atoms with Crippen LogP contribution in [0.5, 0.6) is 17.2 Å². The highest BCUT2D eigenvalue weighted by Gasteiger charge is 2.12. The van der Waals surface area contributed by atoms with Crippen LogP contribution in [0.15, 0.2) is 36.5 Å². The highest BCUT2D eigenvalue weighted by atomic mass is 35.5. The molecule has 7 nitrogen and oxygen atoms in total. The molecule has 2 aromatic rings. The second kappa shape index (κ2) is 8.41. The molecule has 0 fully saturated rings. The molecule has 114 valence electrons. The Labute approximate surface area is 130 Å². The van der Waals surface area contributed by atoms with Gasteiger partial charge in [0.05, 0.1) is 6.20 Å². The van der Waals surface area contributed by atoms with Crippen molar-refractivity contribution in [3.05, 3.63) is 47.2 Å². The van der Waals surface area contributed by atoms with Gasteiger partial charge < -0.3 is 15.2 Å². The molecule has 0 aliphatic heterocycles. The molecule has 1 amide bonds. The third-order valence-electron chi connectivity index (χ3n) is 2.32. The molecule has 1 aromatic carbocycles. The average molecular weight is 323 g/mol. The summed E-state index contributed by atoms with van der Waals surface area (Å²) in [4.78, 5) is 31.5. The van der Waals surface area contributed by atoms with Gasteiger partial charge in [-0.3, -0.25) is 4.79 Å². The predicted molar refractivity (Wildman–Crippen MR) is 75.8 cm³/mol. The summed E-state index contributed by atoms with van der Waals surface area (Å²) >= 11 is 5.83. The average Bonchev–Trinajstić information content (AvgIpc) is 2.47. The lowest BCUT2D eigenvalue weighted by Gasteiger charge is -2.07. The Kier molecular flexibility index (Phi) is 6.56. The molecule has 2 rings (SSSR count). The molecule has 0 radical (unpaired) electrons. The van der Waals surface area contributed by atoms with Crippen LogP contribution < -0.4 is 10.1 Å². The van der Waals surface area contributed by atoms with Gasteiger partial charge >= 0.3 is 6.15 Å². The first kappa shape index (κ1) is 17.2. The normalized spacial score (nSPS) is 9.00. The van der Waals surface area contributed by atoms with E-state index in [1.807, 2.05) is 0 Å². The van der Waals surface area contributed by atoms with Gasteiger partial charge in [-0.2, -0.15) is 9.59 Å². The molecule has 0 saturated carbocycles. The number of benzene rings is 1. The van der Waals surface area contributed by atoms with Crippen LogP contribution in [0.1, 0.15) is 10.5 Å². The molecule has 0 saturated heterocycles. The lowest BCUT2D eigenvalue weighted by molar-refractivity contribution is -0.191. The van der Waals surface area contributed by atoms with E-state index in [1.54, 1.807) is 24.3 Å². The molecule has 22 heavy (non-hydrogen) atoms. The summed E-state index contributed by atoms with van der Waals surface area (Å²) in [5, 5.41) is 12.6. The summed E-state index contributed by atoms with van der Waals surface area (Å²) < 4.78 is 5.47. The van der Waals surface area contributed by atoms with Crippen molar-refractivity contribution in [1.82, 2.24) is 10.3 Å². The van der Waals surface area contributed by atoms with Gasteiger partial charge in [0.25, 0.3) is 5.91 Å². The van der Waals surface area contributed by atoms with Crippen molar-refractivity contribution in [1.29, 1.82) is 0 Å². The van der Waals surface area contributed by atoms with E-state index in [9.17, 15) is 9.90 Å². The molecule has 0 aliphatic rings. The number of ether oxygens (including phenoxy) is 1. The first-order valence-corrected chi connectivity index (χ1v) is 6.23. The van der Waals surface area contributed by atoms with Crippen LogP contribution in [0.25, 0.3) is 0 Å². The number of carbonyl (C=O) groups is 1. The Bertz CT molecular complexity index is 699. The molecule has 1 aromatic heterocycles. The third-order valence-corrected chi connectivity index (χ3v) is 2.55. The van der Waals surface area contributed by atoms with Crippen molar-refractivity contribution in [2.75, 3.05) is 7.05 Å². The number of nitrogens with zero attached hydrogens (tertiary/aromatic N) is 1. The van der Waals surface area contributed by atoms with Crippen molar-refractivity contribution < 1.29 is 24.2 Å². The number of rotatable bonds is 3. The summed E-state index contributed by atoms with van der Waals surface area (Å²) in [7, 11) is 1.46. The minimum Gasteiger partial charge on any atom is -0.505 e. The minimum atomic E-state index is -0.466. The summed E-state index contributed by atoms with van der Waals surface area (Å²) in [6.45, 7) is 0. The zero-order valence-corrected chi connectivity index (χ0v) is 12.1. The number of carbonyl (C=O) groups excluding carboxylic acids is 3. The smallest absolute Gasteiger partial charge is 0.373 e. The van der Waals surface area contributed by atoms with E-state index in [0.717, 1.165) is 0 Å². The second-order valence-electron chi connectivity index (χ2n) is 3.76. The van der Waals surface area contributed by atoms with Gasteiger partial charge in [0.1, 0.15) is 11.5 Å². The van der Waals surface area contributed by atoms with Crippen molar-refractivity contribution in [2.45, 2.75) is 0 Å². The monoisotopic (exact) mass is 322 g/mol. The molecule has 0 aliphatic carbocycles. The lowest BCUT2D eigenvalue weighted by atomic mass is 10.3. The van der Waals surface area contributed by atoms with Crippen LogP contribution in [0.3, 0.4) is 0 Å². The van der Waals surface area contributed by atoms with Crippen LogP contribution in [-0.2, 0) is 9.59 Å². The predicted octanol–water partition coefficient (Wildman–Crippen LogP) is 2.01. The maximum absolute atomic E-state index is 11.4. The summed E-state index contributed by atoms with van der Waals surface area (Å²) in [5.41, 5.74) is -0.0547. The van der Waals surface area contributed by atoms with E-state index in [0.29, 0.717) is 16.5 Å². The van der Waals surface area contributed by atoms with Gasteiger partial charge in [-0.15, -0.1) is 0 Å².